The number of anilines is 1. The van der Waals surface area contributed by atoms with Gasteiger partial charge in [0.1, 0.15) is 0 Å². The lowest BCUT2D eigenvalue weighted by Gasteiger charge is -2.21. The summed E-state index contributed by atoms with van der Waals surface area (Å²) >= 11 is 0. The summed E-state index contributed by atoms with van der Waals surface area (Å²) in [5, 5.41) is 3.34. The molecule has 1 saturated heterocycles. The molecule has 1 unspecified atom stereocenters. The van der Waals surface area contributed by atoms with Crippen LogP contribution in [0.5, 0.6) is 5.88 Å². The van der Waals surface area contributed by atoms with Gasteiger partial charge in [0.05, 0.1) is 6.61 Å². The van der Waals surface area contributed by atoms with Crippen LogP contribution in [0.1, 0.15) is 33.1 Å². The molecule has 0 aliphatic carbocycles. The van der Waals surface area contributed by atoms with Gasteiger partial charge in [0.2, 0.25) is 11.8 Å². The number of rotatable bonds is 7. The van der Waals surface area contributed by atoms with Crippen molar-refractivity contribution in [2.75, 3.05) is 31.6 Å². The van der Waals surface area contributed by atoms with Crippen LogP contribution in [0.2, 0.25) is 0 Å². The number of ether oxygens (including phenoxy) is 1. The van der Waals surface area contributed by atoms with E-state index in [9.17, 15) is 0 Å². The van der Waals surface area contributed by atoms with E-state index in [4.69, 9.17) is 4.74 Å². The van der Waals surface area contributed by atoms with E-state index in [0.717, 1.165) is 13.0 Å². The van der Waals surface area contributed by atoms with E-state index >= 15 is 0 Å². The minimum Gasteiger partial charge on any atom is -0.478 e. The highest BCUT2D eigenvalue weighted by atomic mass is 16.5. The molecule has 2 heterocycles. The van der Waals surface area contributed by atoms with Gasteiger partial charge in [-0.3, -0.25) is 0 Å². The molecule has 2 rings (SSSR count). The van der Waals surface area contributed by atoms with Gasteiger partial charge < -0.3 is 15.0 Å². The van der Waals surface area contributed by atoms with Crippen molar-refractivity contribution in [3.8, 4) is 5.88 Å². The SMILES string of the molecule is CCCOc1ccnc(NC(C)CN2CCCC2)n1. The van der Waals surface area contributed by atoms with E-state index in [1.54, 1.807) is 12.3 Å². The van der Waals surface area contributed by atoms with Gasteiger partial charge in [0.25, 0.3) is 0 Å². The van der Waals surface area contributed by atoms with E-state index in [-0.39, 0.29) is 0 Å². The second kappa shape index (κ2) is 7.28. The summed E-state index contributed by atoms with van der Waals surface area (Å²) in [6, 6.07) is 2.14. The first kappa shape index (κ1) is 14.1. The summed E-state index contributed by atoms with van der Waals surface area (Å²) in [4.78, 5) is 11.1. The molecular weight excluding hydrogens is 240 g/mol. The Morgan fingerprint density at radius 1 is 1.42 bits per heavy atom. The molecule has 1 aromatic rings. The van der Waals surface area contributed by atoms with E-state index in [1.807, 2.05) is 0 Å². The van der Waals surface area contributed by atoms with Gasteiger partial charge in [-0.05, 0) is 39.3 Å². The molecule has 0 bridgehead atoms. The van der Waals surface area contributed by atoms with Crippen LogP contribution in [-0.4, -0.2) is 47.2 Å². The Hall–Kier alpha value is -1.36. The second-order valence-corrected chi connectivity index (χ2v) is 5.12. The third-order valence-corrected chi connectivity index (χ3v) is 3.19. The summed E-state index contributed by atoms with van der Waals surface area (Å²) in [6.07, 6.45) is 5.37. The topological polar surface area (TPSA) is 50.3 Å². The Bertz CT molecular complexity index is 379. The monoisotopic (exact) mass is 264 g/mol. The number of nitrogens with zero attached hydrogens (tertiary/aromatic N) is 3. The number of likely N-dealkylation sites (tertiary alicyclic amines) is 1. The summed E-state index contributed by atoms with van der Waals surface area (Å²) < 4.78 is 5.51. The highest BCUT2D eigenvalue weighted by molar-refractivity contribution is 5.28. The van der Waals surface area contributed by atoms with Gasteiger partial charge in [-0.1, -0.05) is 6.92 Å². The fourth-order valence-electron chi connectivity index (χ4n) is 2.32. The molecule has 1 aliphatic rings. The van der Waals surface area contributed by atoms with Crippen molar-refractivity contribution in [1.82, 2.24) is 14.9 Å². The van der Waals surface area contributed by atoms with Crippen molar-refractivity contribution < 1.29 is 4.74 Å². The van der Waals surface area contributed by atoms with E-state index in [1.165, 1.54) is 25.9 Å². The zero-order chi connectivity index (χ0) is 13.5. The summed E-state index contributed by atoms with van der Waals surface area (Å²) in [5.41, 5.74) is 0. The van der Waals surface area contributed by atoms with Gasteiger partial charge in [-0.15, -0.1) is 0 Å². The third-order valence-electron chi connectivity index (χ3n) is 3.19. The molecule has 0 spiro atoms. The zero-order valence-corrected chi connectivity index (χ0v) is 11.9. The lowest BCUT2D eigenvalue weighted by Crippen LogP contribution is -2.33. The Balaban J connectivity index is 1.83. The molecule has 1 N–H and O–H groups in total. The molecule has 0 aromatic carbocycles. The quantitative estimate of drug-likeness (QED) is 0.818. The Kier molecular flexibility index (Phi) is 5.39. The molecule has 1 atom stereocenters. The standard InChI is InChI=1S/C14H24N4O/c1-3-10-19-13-6-7-15-14(17-13)16-12(2)11-18-8-4-5-9-18/h6-7,12H,3-5,8-11H2,1-2H3,(H,15,16,17). The first-order valence-corrected chi connectivity index (χ1v) is 7.22. The molecule has 5 nitrogen and oxygen atoms in total. The summed E-state index contributed by atoms with van der Waals surface area (Å²) in [7, 11) is 0. The van der Waals surface area contributed by atoms with Crippen molar-refractivity contribution in [3.63, 3.8) is 0 Å². The first-order chi connectivity index (χ1) is 9.28. The van der Waals surface area contributed by atoms with E-state index < -0.39 is 0 Å². The smallest absolute Gasteiger partial charge is 0.226 e. The largest absolute Gasteiger partial charge is 0.478 e. The van der Waals surface area contributed by atoms with E-state index in [0.29, 0.717) is 24.5 Å². The second-order valence-electron chi connectivity index (χ2n) is 5.12. The molecule has 0 saturated carbocycles. The highest BCUT2D eigenvalue weighted by Gasteiger charge is 2.15. The lowest BCUT2D eigenvalue weighted by atomic mass is 10.3. The lowest BCUT2D eigenvalue weighted by molar-refractivity contribution is 0.304. The molecule has 0 amide bonds. The van der Waals surface area contributed by atoms with Crippen LogP contribution in [-0.2, 0) is 0 Å². The van der Waals surface area contributed by atoms with Gasteiger partial charge >= 0.3 is 0 Å². The van der Waals surface area contributed by atoms with Crippen LogP contribution in [0.25, 0.3) is 0 Å². The number of hydrogen-bond donors (Lipinski definition) is 1. The van der Waals surface area contributed by atoms with Crippen molar-refractivity contribution >= 4 is 5.95 Å². The fourth-order valence-corrected chi connectivity index (χ4v) is 2.32. The fraction of sp³-hybridized carbons (Fsp3) is 0.714. The van der Waals surface area contributed by atoms with Gasteiger partial charge in [0, 0.05) is 24.8 Å². The number of nitrogens with one attached hydrogen (secondary N) is 1. The third kappa shape index (κ3) is 4.67. The van der Waals surface area contributed by atoms with Crippen LogP contribution in [0.3, 0.4) is 0 Å². The summed E-state index contributed by atoms with van der Waals surface area (Å²) in [5.74, 6) is 1.30. The van der Waals surface area contributed by atoms with Crippen LogP contribution in [0.4, 0.5) is 5.95 Å². The molecule has 19 heavy (non-hydrogen) atoms. The maximum atomic E-state index is 5.51. The van der Waals surface area contributed by atoms with Crippen molar-refractivity contribution in [1.29, 1.82) is 0 Å². The van der Waals surface area contributed by atoms with Crippen molar-refractivity contribution in [3.05, 3.63) is 12.3 Å². The average molecular weight is 264 g/mol. The van der Waals surface area contributed by atoms with Crippen molar-refractivity contribution in [2.45, 2.75) is 39.2 Å². The number of hydrogen-bond acceptors (Lipinski definition) is 5. The molecular formula is C14H24N4O. The minimum absolute atomic E-state index is 0.347. The van der Waals surface area contributed by atoms with Crippen LogP contribution in [0, 0.1) is 0 Å². The molecule has 1 aliphatic heterocycles. The maximum Gasteiger partial charge on any atom is 0.226 e. The molecule has 1 fully saturated rings. The van der Waals surface area contributed by atoms with Crippen LogP contribution >= 0.6 is 0 Å². The zero-order valence-electron chi connectivity index (χ0n) is 11.9. The predicted octanol–water partition coefficient (Wildman–Crippen LogP) is 2.16. The normalized spacial score (nSPS) is 17.4. The minimum atomic E-state index is 0.347. The molecule has 0 radical (unpaired) electrons. The first-order valence-electron chi connectivity index (χ1n) is 7.22. The number of aromatic nitrogens is 2. The Labute approximate surface area is 115 Å². The van der Waals surface area contributed by atoms with Gasteiger partial charge in [-0.2, -0.15) is 4.98 Å². The predicted molar refractivity (Wildman–Crippen MR) is 76.6 cm³/mol. The van der Waals surface area contributed by atoms with Crippen LogP contribution in [0.15, 0.2) is 12.3 Å². The van der Waals surface area contributed by atoms with E-state index in [2.05, 4.69) is 34.0 Å². The molecule has 1 aromatic heterocycles. The highest BCUT2D eigenvalue weighted by Crippen LogP contribution is 2.12. The van der Waals surface area contributed by atoms with Gasteiger partial charge in [-0.25, -0.2) is 4.98 Å². The van der Waals surface area contributed by atoms with Crippen molar-refractivity contribution in [2.24, 2.45) is 0 Å². The van der Waals surface area contributed by atoms with Gasteiger partial charge in [0.15, 0.2) is 0 Å². The Morgan fingerprint density at radius 3 is 2.95 bits per heavy atom. The Morgan fingerprint density at radius 2 is 2.21 bits per heavy atom. The molecule has 106 valence electrons. The average Bonchev–Trinajstić information content (AvgIpc) is 2.89. The maximum absolute atomic E-state index is 5.51. The molecule has 5 heteroatoms. The summed E-state index contributed by atoms with van der Waals surface area (Å²) in [6.45, 7) is 8.42. The van der Waals surface area contributed by atoms with Crippen LogP contribution < -0.4 is 10.1 Å².